The molecular weight excluding hydrogens is 336 g/mol. The topological polar surface area (TPSA) is 106 Å². The van der Waals surface area contributed by atoms with Gasteiger partial charge in [0, 0.05) is 19.3 Å². The Morgan fingerprint density at radius 3 is 2.96 bits per heavy atom. The first kappa shape index (κ1) is 16.5. The Kier molecular flexibility index (Phi) is 3.85. The highest BCUT2D eigenvalue weighted by molar-refractivity contribution is 5.94. The van der Waals surface area contributed by atoms with Gasteiger partial charge >= 0.3 is 5.69 Å². The van der Waals surface area contributed by atoms with Crippen LogP contribution in [0, 0.1) is 11.3 Å². The maximum Gasteiger partial charge on any atom is 0.346 e. The van der Waals surface area contributed by atoms with Crippen LogP contribution >= 0.6 is 0 Å². The van der Waals surface area contributed by atoms with Crippen LogP contribution in [0.2, 0.25) is 0 Å². The number of pyridine rings is 1. The number of ether oxygens (including phenoxy) is 1. The second-order valence-electron chi connectivity index (χ2n) is 6.59. The minimum Gasteiger partial charge on any atom is -0.363 e. The second kappa shape index (κ2) is 6.07. The molecule has 0 aromatic carbocycles. The molecule has 0 radical (unpaired) electrons. The van der Waals surface area contributed by atoms with E-state index in [-0.39, 0.29) is 23.9 Å². The molecule has 1 saturated heterocycles. The van der Waals surface area contributed by atoms with E-state index >= 15 is 0 Å². The first-order valence-electron chi connectivity index (χ1n) is 8.51. The van der Waals surface area contributed by atoms with Crippen molar-refractivity contribution in [2.24, 2.45) is 0 Å². The zero-order valence-electron chi connectivity index (χ0n) is 14.4. The van der Waals surface area contributed by atoms with Crippen molar-refractivity contribution in [2.75, 3.05) is 13.1 Å². The third-order valence-electron chi connectivity index (χ3n) is 4.98. The number of nitriles is 1. The van der Waals surface area contributed by atoms with E-state index in [1.807, 2.05) is 13.0 Å². The van der Waals surface area contributed by atoms with E-state index in [1.165, 1.54) is 16.9 Å². The summed E-state index contributed by atoms with van der Waals surface area (Å²) in [5.74, 6) is 0.480. The standard InChI is InChI=1S/C17H18N6O3/c1-2-23-16(25)22-11-17(26-9-14(22)20-23)5-6-21(10-17)15(24)12-3-4-13(7-18)19-8-12/h3-4,8H,2,5-6,9-11H2,1H3. The molecule has 1 fully saturated rings. The monoisotopic (exact) mass is 354 g/mol. The number of aromatic nitrogens is 4. The Hall–Kier alpha value is -2.99. The molecule has 9 heteroatoms. The summed E-state index contributed by atoms with van der Waals surface area (Å²) in [5.41, 5.74) is 0.0170. The highest BCUT2D eigenvalue weighted by Crippen LogP contribution is 2.32. The van der Waals surface area contributed by atoms with Crippen LogP contribution in [0.5, 0.6) is 0 Å². The van der Waals surface area contributed by atoms with Gasteiger partial charge in [0.05, 0.1) is 18.7 Å². The third-order valence-corrected chi connectivity index (χ3v) is 4.98. The van der Waals surface area contributed by atoms with E-state index in [0.717, 1.165) is 0 Å². The molecule has 2 aromatic heterocycles. The maximum atomic E-state index is 12.7. The molecule has 0 saturated carbocycles. The number of nitrogens with zero attached hydrogens (tertiary/aromatic N) is 6. The van der Waals surface area contributed by atoms with Crippen molar-refractivity contribution in [1.82, 2.24) is 24.2 Å². The van der Waals surface area contributed by atoms with Gasteiger partial charge in [-0.1, -0.05) is 0 Å². The van der Waals surface area contributed by atoms with Crippen molar-refractivity contribution in [2.45, 2.75) is 38.6 Å². The van der Waals surface area contributed by atoms with Crippen LogP contribution < -0.4 is 5.69 Å². The number of amides is 1. The lowest BCUT2D eigenvalue weighted by atomic mass is 10.0. The molecule has 26 heavy (non-hydrogen) atoms. The van der Waals surface area contributed by atoms with E-state index in [2.05, 4.69) is 10.1 Å². The third kappa shape index (κ3) is 2.59. The Bertz CT molecular complexity index is 954. The highest BCUT2D eigenvalue weighted by atomic mass is 16.5. The number of carbonyl (C=O) groups excluding carboxylic acids is 1. The molecule has 4 rings (SSSR count). The van der Waals surface area contributed by atoms with Gasteiger partial charge in [-0.2, -0.15) is 10.4 Å². The predicted octanol–water partition coefficient (Wildman–Crippen LogP) is 0.146. The summed E-state index contributed by atoms with van der Waals surface area (Å²) in [6.45, 7) is 4.01. The number of rotatable bonds is 2. The molecule has 134 valence electrons. The van der Waals surface area contributed by atoms with Crippen molar-refractivity contribution >= 4 is 5.91 Å². The molecule has 2 aliphatic heterocycles. The maximum absolute atomic E-state index is 12.7. The average molecular weight is 354 g/mol. The van der Waals surface area contributed by atoms with Crippen LogP contribution in [-0.4, -0.2) is 48.8 Å². The van der Waals surface area contributed by atoms with E-state index in [4.69, 9.17) is 10.00 Å². The molecule has 2 aliphatic rings. The quantitative estimate of drug-likeness (QED) is 0.760. The fourth-order valence-corrected chi connectivity index (χ4v) is 3.54. The molecule has 1 spiro atoms. The zero-order valence-corrected chi connectivity index (χ0v) is 14.4. The number of hydrogen-bond acceptors (Lipinski definition) is 6. The summed E-state index contributed by atoms with van der Waals surface area (Å²) >= 11 is 0. The molecule has 4 heterocycles. The molecular formula is C17H18N6O3. The van der Waals surface area contributed by atoms with Gasteiger partial charge in [0.2, 0.25) is 0 Å². The van der Waals surface area contributed by atoms with Gasteiger partial charge in [-0.3, -0.25) is 9.36 Å². The lowest BCUT2D eigenvalue weighted by molar-refractivity contribution is -0.0816. The van der Waals surface area contributed by atoms with E-state index in [1.54, 1.807) is 15.5 Å². The van der Waals surface area contributed by atoms with Crippen LogP contribution in [0.15, 0.2) is 23.1 Å². The summed E-state index contributed by atoms with van der Waals surface area (Å²) in [5, 5.41) is 13.1. The lowest BCUT2D eigenvalue weighted by Crippen LogP contribution is -2.47. The van der Waals surface area contributed by atoms with Gasteiger partial charge in [-0.05, 0) is 25.5 Å². The van der Waals surface area contributed by atoms with Crippen molar-refractivity contribution in [3.63, 3.8) is 0 Å². The van der Waals surface area contributed by atoms with Crippen LogP contribution in [0.4, 0.5) is 0 Å². The summed E-state index contributed by atoms with van der Waals surface area (Å²) in [6, 6.07) is 5.07. The Labute approximate surface area is 149 Å². The van der Waals surface area contributed by atoms with Gasteiger partial charge in [0.1, 0.15) is 24.0 Å². The Morgan fingerprint density at radius 2 is 2.27 bits per heavy atom. The van der Waals surface area contributed by atoms with Crippen LogP contribution in [-0.2, 0) is 24.4 Å². The molecule has 1 atom stereocenters. The highest BCUT2D eigenvalue weighted by Gasteiger charge is 2.45. The number of likely N-dealkylation sites (tertiary alicyclic amines) is 1. The molecule has 1 unspecified atom stereocenters. The molecule has 0 bridgehead atoms. The normalized spacial score (nSPS) is 21.6. The predicted molar refractivity (Wildman–Crippen MR) is 89.2 cm³/mol. The van der Waals surface area contributed by atoms with Crippen molar-refractivity contribution < 1.29 is 9.53 Å². The minimum absolute atomic E-state index is 0.133. The van der Waals surface area contributed by atoms with Gasteiger partial charge < -0.3 is 9.64 Å². The van der Waals surface area contributed by atoms with Crippen LogP contribution in [0.25, 0.3) is 0 Å². The summed E-state index contributed by atoms with van der Waals surface area (Å²) in [4.78, 5) is 30.7. The van der Waals surface area contributed by atoms with Gasteiger partial charge in [0.25, 0.3) is 5.91 Å². The lowest BCUT2D eigenvalue weighted by Gasteiger charge is -2.33. The summed E-state index contributed by atoms with van der Waals surface area (Å²) in [7, 11) is 0. The SMILES string of the molecule is CCn1nc2n(c1=O)CC1(CCN(C(=O)c3ccc(C#N)nc3)C1)OC2. The fraction of sp³-hybridized carbons (Fsp3) is 0.471. The smallest absolute Gasteiger partial charge is 0.346 e. The first-order valence-corrected chi connectivity index (χ1v) is 8.51. The van der Waals surface area contributed by atoms with Crippen molar-refractivity contribution in [3.8, 4) is 6.07 Å². The minimum atomic E-state index is -0.561. The van der Waals surface area contributed by atoms with Gasteiger partial charge in [0.15, 0.2) is 5.82 Å². The van der Waals surface area contributed by atoms with E-state index in [9.17, 15) is 9.59 Å². The van der Waals surface area contributed by atoms with E-state index in [0.29, 0.717) is 44.0 Å². The second-order valence-corrected chi connectivity index (χ2v) is 6.59. The number of aryl methyl sites for hydroxylation is 1. The van der Waals surface area contributed by atoms with Crippen molar-refractivity contribution in [3.05, 3.63) is 45.9 Å². The summed E-state index contributed by atoms with van der Waals surface area (Å²) < 4.78 is 9.12. The Balaban J connectivity index is 1.52. The number of carbonyl (C=O) groups is 1. The largest absolute Gasteiger partial charge is 0.363 e. The van der Waals surface area contributed by atoms with Crippen LogP contribution in [0.3, 0.4) is 0 Å². The Morgan fingerprint density at radius 1 is 1.42 bits per heavy atom. The van der Waals surface area contributed by atoms with Crippen molar-refractivity contribution in [1.29, 1.82) is 5.26 Å². The number of hydrogen-bond donors (Lipinski definition) is 0. The molecule has 2 aromatic rings. The van der Waals surface area contributed by atoms with Gasteiger partial charge in [-0.25, -0.2) is 14.5 Å². The summed E-state index contributed by atoms with van der Waals surface area (Å²) in [6.07, 6.45) is 2.08. The average Bonchev–Trinajstić information content (AvgIpc) is 3.23. The fourth-order valence-electron chi connectivity index (χ4n) is 3.54. The van der Waals surface area contributed by atoms with Crippen LogP contribution in [0.1, 0.15) is 35.2 Å². The number of fused-ring (bicyclic) bond motifs is 1. The molecule has 0 aliphatic carbocycles. The van der Waals surface area contributed by atoms with Gasteiger partial charge in [-0.15, -0.1) is 0 Å². The molecule has 9 nitrogen and oxygen atoms in total. The van der Waals surface area contributed by atoms with E-state index < -0.39 is 5.60 Å². The molecule has 1 amide bonds. The first-order chi connectivity index (χ1) is 12.5. The zero-order chi connectivity index (χ0) is 18.3. The molecule has 0 N–H and O–H groups in total.